The second kappa shape index (κ2) is 23.1. The van der Waals surface area contributed by atoms with Crippen LogP contribution < -0.4 is 0 Å². The van der Waals surface area contributed by atoms with Crippen LogP contribution in [0.25, 0.3) is 0 Å². The van der Waals surface area contributed by atoms with E-state index in [-0.39, 0.29) is 0 Å². The molecule has 0 atom stereocenters. The number of unbranched alkanes of at least 4 members (excludes halogenated alkanes) is 15. The predicted molar refractivity (Wildman–Crippen MR) is 113 cm³/mol. The van der Waals surface area contributed by atoms with Crippen LogP contribution in [0.3, 0.4) is 0 Å². The topological polar surface area (TPSA) is 17.1 Å². The first kappa shape index (κ1) is 24.1. The molecule has 1 nitrogen and oxygen atoms in total. The third-order valence-corrected chi connectivity index (χ3v) is 4.77. The van der Waals surface area contributed by atoms with E-state index in [1.807, 2.05) is 0 Å². The lowest BCUT2D eigenvalue weighted by Gasteiger charge is -2.02. The summed E-state index contributed by atoms with van der Waals surface area (Å²) in [5, 5.41) is 0. The van der Waals surface area contributed by atoms with E-state index in [1.165, 1.54) is 96.3 Å². The van der Waals surface area contributed by atoms with Gasteiger partial charge in [0.2, 0.25) is 0 Å². The highest BCUT2D eigenvalue weighted by Crippen LogP contribution is 2.12. The summed E-state index contributed by atoms with van der Waals surface area (Å²) >= 11 is 0. The van der Waals surface area contributed by atoms with Crippen LogP contribution in [0.15, 0.2) is 24.3 Å². The van der Waals surface area contributed by atoms with E-state index in [4.69, 9.17) is 0 Å². The van der Waals surface area contributed by atoms with E-state index in [1.54, 1.807) is 0 Å². The van der Waals surface area contributed by atoms with Gasteiger partial charge in [-0.1, -0.05) is 102 Å². The highest BCUT2D eigenvalue weighted by atomic mass is 16.1. The molecule has 0 aliphatic carbocycles. The van der Waals surface area contributed by atoms with Gasteiger partial charge in [0.15, 0.2) is 0 Å². The van der Waals surface area contributed by atoms with Crippen molar-refractivity contribution in [3.8, 4) is 0 Å². The minimum Gasteiger partial charge on any atom is -0.303 e. The Labute approximate surface area is 158 Å². The summed E-state index contributed by atoms with van der Waals surface area (Å²) in [6, 6.07) is 0. The second-order valence-corrected chi connectivity index (χ2v) is 7.31. The molecule has 0 heterocycles. The van der Waals surface area contributed by atoms with Gasteiger partial charge in [-0.3, -0.25) is 0 Å². The smallest absolute Gasteiger partial charge is 0.119 e. The maximum absolute atomic E-state index is 10.2. The van der Waals surface area contributed by atoms with Gasteiger partial charge in [0, 0.05) is 6.42 Å². The minimum atomic E-state index is 0.755. The molecule has 146 valence electrons. The van der Waals surface area contributed by atoms with Gasteiger partial charge in [-0.2, -0.15) is 0 Å². The van der Waals surface area contributed by atoms with Crippen molar-refractivity contribution in [1.82, 2.24) is 0 Å². The molecule has 0 fully saturated rings. The Balaban J connectivity index is 3.11. The van der Waals surface area contributed by atoms with Gasteiger partial charge < -0.3 is 4.79 Å². The lowest BCUT2D eigenvalue weighted by Crippen LogP contribution is -1.83. The van der Waals surface area contributed by atoms with Crippen LogP contribution in [-0.2, 0) is 4.79 Å². The van der Waals surface area contributed by atoms with Crippen LogP contribution in [0, 0.1) is 0 Å². The average Bonchev–Trinajstić information content (AvgIpc) is 2.63. The Morgan fingerprint density at radius 3 is 1.32 bits per heavy atom. The SMILES string of the molecule is CCCCC/C=C\C/C=C\CCCCCCCCCCCCCC=O. The summed E-state index contributed by atoms with van der Waals surface area (Å²) in [5.74, 6) is 0. The molecule has 0 aromatic heterocycles. The molecular formula is C24H44O. The van der Waals surface area contributed by atoms with E-state index >= 15 is 0 Å². The zero-order valence-electron chi connectivity index (χ0n) is 17.0. The van der Waals surface area contributed by atoms with Gasteiger partial charge in [-0.25, -0.2) is 0 Å². The largest absolute Gasteiger partial charge is 0.303 e. The molecule has 0 rings (SSSR count). The van der Waals surface area contributed by atoms with Gasteiger partial charge in [-0.15, -0.1) is 0 Å². The van der Waals surface area contributed by atoms with Gasteiger partial charge in [0.25, 0.3) is 0 Å². The predicted octanol–water partition coefficient (Wildman–Crippen LogP) is 8.34. The first-order chi connectivity index (χ1) is 12.4. The number of hydrogen-bond donors (Lipinski definition) is 0. The van der Waals surface area contributed by atoms with Crippen molar-refractivity contribution in [3.63, 3.8) is 0 Å². The van der Waals surface area contributed by atoms with E-state index in [0.717, 1.165) is 25.5 Å². The van der Waals surface area contributed by atoms with E-state index in [2.05, 4.69) is 31.2 Å². The lowest BCUT2D eigenvalue weighted by atomic mass is 10.0. The Bertz CT molecular complexity index is 303. The molecule has 0 aliphatic rings. The third-order valence-electron chi connectivity index (χ3n) is 4.77. The van der Waals surface area contributed by atoms with Crippen LogP contribution in [0.1, 0.15) is 122 Å². The van der Waals surface area contributed by atoms with Crippen molar-refractivity contribution >= 4 is 6.29 Å². The molecule has 0 radical (unpaired) electrons. The molecule has 0 aliphatic heterocycles. The van der Waals surface area contributed by atoms with Crippen LogP contribution >= 0.6 is 0 Å². The number of allylic oxidation sites excluding steroid dienone is 4. The van der Waals surface area contributed by atoms with Crippen molar-refractivity contribution in [2.24, 2.45) is 0 Å². The maximum atomic E-state index is 10.2. The maximum Gasteiger partial charge on any atom is 0.119 e. The summed E-state index contributed by atoms with van der Waals surface area (Å²) in [7, 11) is 0. The number of carbonyl (C=O) groups excluding carboxylic acids is 1. The molecule has 0 saturated carbocycles. The average molecular weight is 349 g/mol. The molecule has 0 aromatic carbocycles. The zero-order chi connectivity index (χ0) is 18.3. The molecule has 0 spiro atoms. The lowest BCUT2D eigenvalue weighted by molar-refractivity contribution is -0.107. The van der Waals surface area contributed by atoms with Crippen LogP contribution in [-0.4, -0.2) is 6.29 Å². The summed E-state index contributed by atoms with van der Waals surface area (Å²) in [6.45, 7) is 2.26. The Hall–Kier alpha value is -0.850. The molecule has 0 amide bonds. The molecule has 0 unspecified atom stereocenters. The molecule has 0 aromatic rings. The fourth-order valence-corrected chi connectivity index (χ4v) is 3.10. The van der Waals surface area contributed by atoms with E-state index in [0.29, 0.717) is 0 Å². The Morgan fingerprint density at radius 1 is 0.480 bits per heavy atom. The summed E-state index contributed by atoms with van der Waals surface area (Å²) < 4.78 is 0. The quantitative estimate of drug-likeness (QED) is 0.123. The first-order valence-corrected chi connectivity index (χ1v) is 11.2. The summed E-state index contributed by atoms with van der Waals surface area (Å²) in [5.41, 5.74) is 0. The molecule has 25 heavy (non-hydrogen) atoms. The summed E-state index contributed by atoms with van der Waals surface area (Å²) in [6.07, 6.45) is 33.5. The molecule has 0 N–H and O–H groups in total. The van der Waals surface area contributed by atoms with Crippen LogP contribution in [0.2, 0.25) is 0 Å². The Morgan fingerprint density at radius 2 is 0.880 bits per heavy atom. The second-order valence-electron chi connectivity index (χ2n) is 7.31. The van der Waals surface area contributed by atoms with Gasteiger partial charge in [0.05, 0.1) is 0 Å². The zero-order valence-corrected chi connectivity index (χ0v) is 17.0. The fraction of sp³-hybridized carbons (Fsp3) is 0.792. The van der Waals surface area contributed by atoms with Gasteiger partial charge in [0.1, 0.15) is 6.29 Å². The number of aldehydes is 1. The van der Waals surface area contributed by atoms with Crippen LogP contribution in [0.4, 0.5) is 0 Å². The highest BCUT2D eigenvalue weighted by molar-refractivity contribution is 5.48. The minimum absolute atomic E-state index is 0.755. The fourth-order valence-electron chi connectivity index (χ4n) is 3.10. The molecule has 1 heteroatoms. The number of hydrogen-bond acceptors (Lipinski definition) is 1. The van der Waals surface area contributed by atoms with Gasteiger partial charge in [-0.05, 0) is 38.5 Å². The number of rotatable bonds is 20. The molecule has 0 bridgehead atoms. The normalized spacial score (nSPS) is 11.7. The summed E-state index contributed by atoms with van der Waals surface area (Å²) in [4.78, 5) is 10.2. The monoisotopic (exact) mass is 348 g/mol. The van der Waals surface area contributed by atoms with E-state index < -0.39 is 0 Å². The molecule has 0 saturated heterocycles. The van der Waals surface area contributed by atoms with Crippen molar-refractivity contribution in [1.29, 1.82) is 0 Å². The van der Waals surface area contributed by atoms with Crippen molar-refractivity contribution in [2.45, 2.75) is 122 Å². The van der Waals surface area contributed by atoms with Crippen LogP contribution in [0.5, 0.6) is 0 Å². The van der Waals surface area contributed by atoms with Crippen molar-refractivity contribution in [3.05, 3.63) is 24.3 Å². The van der Waals surface area contributed by atoms with Gasteiger partial charge >= 0.3 is 0 Å². The van der Waals surface area contributed by atoms with E-state index in [9.17, 15) is 4.79 Å². The Kier molecular flexibility index (Phi) is 22.4. The number of carbonyl (C=O) groups is 1. The third kappa shape index (κ3) is 23.1. The molecular weight excluding hydrogens is 304 g/mol. The van der Waals surface area contributed by atoms with Crippen molar-refractivity contribution < 1.29 is 4.79 Å². The standard InChI is InChI=1S/C24H44O/c1-2-3-4-5-6-7-8-9-10-11-12-13-14-15-16-17-18-19-20-21-22-23-24-25/h6-7,9-10,24H,2-5,8,11-23H2,1H3/b7-6-,10-9-. The first-order valence-electron chi connectivity index (χ1n) is 11.2. The highest BCUT2D eigenvalue weighted by Gasteiger charge is 1.93. The van der Waals surface area contributed by atoms with Crippen molar-refractivity contribution in [2.75, 3.05) is 0 Å².